The van der Waals surface area contributed by atoms with Gasteiger partial charge in [-0.2, -0.15) is 0 Å². The van der Waals surface area contributed by atoms with E-state index in [0.717, 1.165) is 70.6 Å². The molecule has 4 aromatic rings. The summed E-state index contributed by atoms with van der Waals surface area (Å²) in [4.78, 5) is 22.5. The van der Waals surface area contributed by atoms with Gasteiger partial charge in [-0.1, -0.05) is 55.8 Å². The first kappa shape index (κ1) is 27.7. The highest BCUT2D eigenvalue weighted by Gasteiger charge is 2.27. The Bertz CT molecular complexity index is 1510. The maximum atomic E-state index is 13.6. The number of nitrogens with zero attached hydrogens (tertiary/aromatic N) is 4. The van der Waals surface area contributed by atoms with E-state index in [0.29, 0.717) is 25.3 Å². The molecular weight excluding hydrogens is 532 g/mol. The second-order valence-corrected chi connectivity index (χ2v) is 10.8. The van der Waals surface area contributed by atoms with Crippen molar-refractivity contribution >= 4 is 5.91 Å². The molecule has 0 saturated heterocycles. The zero-order valence-corrected chi connectivity index (χ0v) is 24.3. The van der Waals surface area contributed by atoms with E-state index in [1.54, 1.807) is 19.0 Å². The summed E-state index contributed by atoms with van der Waals surface area (Å²) in [6.07, 6.45) is 2.00. The first-order valence-electron chi connectivity index (χ1n) is 14.4. The zero-order valence-electron chi connectivity index (χ0n) is 24.3. The normalized spacial score (nSPS) is 13.1. The number of amides is 1. The Balaban J connectivity index is 1.41. The van der Waals surface area contributed by atoms with Crippen LogP contribution in [0.2, 0.25) is 0 Å². The number of ether oxygens (including phenoxy) is 4. The minimum Gasteiger partial charge on any atom is -0.454 e. The van der Waals surface area contributed by atoms with Crippen molar-refractivity contribution in [1.82, 2.24) is 19.4 Å². The lowest BCUT2D eigenvalue weighted by Crippen LogP contribution is -2.28. The lowest BCUT2D eigenvalue weighted by Gasteiger charge is -2.25. The first-order chi connectivity index (χ1) is 20.5. The highest BCUT2D eigenvalue weighted by molar-refractivity contribution is 5.94. The molecule has 42 heavy (non-hydrogen) atoms. The molecule has 1 aromatic heterocycles. The molecule has 2 aliphatic rings. The lowest BCUT2D eigenvalue weighted by molar-refractivity contribution is 0.0819. The molecule has 0 fully saturated rings. The Morgan fingerprint density at radius 2 is 1.40 bits per heavy atom. The van der Waals surface area contributed by atoms with E-state index in [1.165, 1.54) is 0 Å². The largest absolute Gasteiger partial charge is 0.454 e. The molecule has 0 unspecified atom stereocenters. The van der Waals surface area contributed by atoms with Crippen LogP contribution in [0.5, 0.6) is 23.0 Å². The number of benzene rings is 3. The topological polar surface area (TPSA) is 78.3 Å². The number of hydrogen-bond acceptors (Lipinski definition) is 7. The number of imidazole rings is 1. The van der Waals surface area contributed by atoms with Crippen LogP contribution in [0.15, 0.2) is 66.7 Å². The summed E-state index contributed by atoms with van der Waals surface area (Å²) < 4.78 is 24.6. The third kappa shape index (κ3) is 5.78. The van der Waals surface area contributed by atoms with Crippen LogP contribution >= 0.6 is 0 Å². The zero-order chi connectivity index (χ0) is 29.1. The second-order valence-electron chi connectivity index (χ2n) is 10.8. The lowest BCUT2D eigenvalue weighted by atomic mass is 10.1. The van der Waals surface area contributed by atoms with Gasteiger partial charge < -0.3 is 28.4 Å². The summed E-state index contributed by atoms with van der Waals surface area (Å²) in [7, 11) is 3.55. The minimum absolute atomic E-state index is 0.108. The van der Waals surface area contributed by atoms with Gasteiger partial charge in [0.1, 0.15) is 5.82 Å². The summed E-state index contributed by atoms with van der Waals surface area (Å²) in [6, 6.07) is 22.2. The van der Waals surface area contributed by atoms with Crippen molar-refractivity contribution < 1.29 is 23.7 Å². The van der Waals surface area contributed by atoms with Crippen molar-refractivity contribution in [1.29, 1.82) is 0 Å². The van der Waals surface area contributed by atoms with Crippen molar-refractivity contribution in [2.75, 3.05) is 27.7 Å². The summed E-state index contributed by atoms with van der Waals surface area (Å²) >= 11 is 0. The standard InChI is InChI=1S/C33H36N4O5/c1-4-5-15-37-26(31(33(38)35(2)3)34-32(37)25-9-7-6-8-10-25)20-36(18-23-11-13-27-29(16-23)41-21-39-27)19-24-12-14-28-30(17-24)42-22-40-28/h6-14,16-17H,4-5,15,18-22H2,1-3H3. The molecule has 1 amide bonds. The average Bonchev–Trinajstić information content (AvgIpc) is 3.74. The predicted octanol–water partition coefficient (Wildman–Crippen LogP) is 5.71. The molecule has 2 aliphatic heterocycles. The van der Waals surface area contributed by atoms with Gasteiger partial charge in [-0.25, -0.2) is 4.98 Å². The summed E-state index contributed by atoms with van der Waals surface area (Å²) in [5.41, 5.74) is 4.55. The summed E-state index contributed by atoms with van der Waals surface area (Å²) in [6.45, 7) is 5.17. The molecule has 0 N–H and O–H groups in total. The van der Waals surface area contributed by atoms with Crippen molar-refractivity contribution in [3.05, 3.63) is 89.2 Å². The molecule has 0 spiro atoms. The van der Waals surface area contributed by atoms with Crippen LogP contribution in [-0.2, 0) is 26.2 Å². The highest BCUT2D eigenvalue weighted by Crippen LogP contribution is 2.35. The first-order valence-corrected chi connectivity index (χ1v) is 14.4. The van der Waals surface area contributed by atoms with Crippen LogP contribution in [-0.4, -0.2) is 52.9 Å². The Kier molecular flexibility index (Phi) is 8.01. The quantitative estimate of drug-likeness (QED) is 0.229. The fourth-order valence-electron chi connectivity index (χ4n) is 5.37. The third-order valence-corrected chi connectivity index (χ3v) is 7.51. The molecular formula is C33H36N4O5. The number of fused-ring (bicyclic) bond motifs is 2. The molecule has 3 heterocycles. The van der Waals surface area contributed by atoms with Crippen LogP contribution in [0, 0.1) is 0 Å². The van der Waals surface area contributed by atoms with E-state index in [-0.39, 0.29) is 19.5 Å². The van der Waals surface area contributed by atoms with Crippen LogP contribution in [0.4, 0.5) is 0 Å². The SMILES string of the molecule is CCCCn1c(-c2ccccc2)nc(C(=O)N(C)C)c1CN(Cc1ccc2c(c1)OCO2)Cc1ccc2c(c1)OCO2. The van der Waals surface area contributed by atoms with Crippen LogP contribution in [0.1, 0.15) is 47.1 Å². The molecule has 0 atom stereocenters. The monoisotopic (exact) mass is 568 g/mol. The van der Waals surface area contributed by atoms with Gasteiger partial charge in [0.05, 0.1) is 5.69 Å². The van der Waals surface area contributed by atoms with Crippen LogP contribution in [0.3, 0.4) is 0 Å². The highest BCUT2D eigenvalue weighted by atomic mass is 16.7. The van der Waals surface area contributed by atoms with Gasteiger partial charge >= 0.3 is 0 Å². The number of rotatable bonds is 11. The maximum Gasteiger partial charge on any atom is 0.273 e. The van der Waals surface area contributed by atoms with Crippen molar-refractivity contribution in [3.63, 3.8) is 0 Å². The molecule has 9 nitrogen and oxygen atoms in total. The Morgan fingerprint density at radius 1 is 0.810 bits per heavy atom. The summed E-state index contributed by atoms with van der Waals surface area (Å²) in [5.74, 6) is 3.71. The molecule has 0 aliphatic carbocycles. The summed E-state index contributed by atoms with van der Waals surface area (Å²) in [5, 5.41) is 0. The van der Waals surface area contributed by atoms with Crippen molar-refractivity contribution in [2.45, 2.75) is 45.9 Å². The fourth-order valence-corrected chi connectivity index (χ4v) is 5.37. The number of unbranched alkanes of at least 4 members (excludes halogenated alkanes) is 1. The van der Waals surface area contributed by atoms with Crippen LogP contribution < -0.4 is 18.9 Å². The minimum atomic E-state index is -0.108. The van der Waals surface area contributed by atoms with Gasteiger partial charge in [-0.3, -0.25) is 9.69 Å². The fraction of sp³-hybridized carbons (Fsp3) is 0.333. The molecule has 9 heteroatoms. The molecule has 6 rings (SSSR count). The van der Waals surface area contributed by atoms with E-state index >= 15 is 0 Å². The smallest absolute Gasteiger partial charge is 0.273 e. The Morgan fingerprint density at radius 3 is 1.98 bits per heavy atom. The van der Waals surface area contributed by atoms with Gasteiger partial charge in [0.25, 0.3) is 5.91 Å². The van der Waals surface area contributed by atoms with Crippen molar-refractivity contribution in [2.24, 2.45) is 0 Å². The van der Waals surface area contributed by atoms with Gasteiger partial charge in [-0.15, -0.1) is 0 Å². The van der Waals surface area contributed by atoms with E-state index < -0.39 is 0 Å². The number of carbonyl (C=O) groups excluding carboxylic acids is 1. The van der Waals surface area contributed by atoms with Gasteiger partial charge in [0, 0.05) is 45.8 Å². The second kappa shape index (κ2) is 12.2. The van der Waals surface area contributed by atoms with Gasteiger partial charge in [-0.05, 0) is 41.8 Å². The molecule has 0 bridgehead atoms. The van der Waals surface area contributed by atoms with E-state index in [9.17, 15) is 4.79 Å². The van der Waals surface area contributed by atoms with E-state index in [2.05, 4.69) is 40.7 Å². The molecule has 3 aromatic carbocycles. The van der Waals surface area contributed by atoms with Gasteiger partial charge in [0.2, 0.25) is 13.6 Å². The molecule has 0 radical (unpaired) electrons. The number of carbonyl (C=O) groups is 1. The van der Waals surface area contributed by atoms with E-state index in [1.807, 2.05) is 42.5 Å². The molecule has 0 saturated carbocycles. The predicted molar refractivity (Wildman–Crippen MR) is 159 cm³/mol. The van der Waals surface area contributed by atoms with Crippen molar-refractivity contribution in [3.8, 4) is 34.4 Å². The van der Waals surface area contributed by atoms with Gasteiger partial charge in [0.15, 0.2) is 28.7 Å². The Hall–Kier alpha value is -4.50. The number of aromatic nitrogens is 2. The van der Waals surface area contributed by atoms with E-state index in [4.69, 9.17) is 23.9 Å². The average molecular weight is 569 g/mol. The third-order valence-electron chi connectivity index (χ3n) is 7.51. The number of hydrogen-bond donors (Lipinski definition) is 0. The van der Waals surface area contributed by atoms with Crippen LogP contribution in [0.25, 0.3) is 11.4 Å². The maximum absolute atomic E-state index is 13.6. The molecule has 218 valence electrons. The Labute approximate surface area is 246 Å².